The maximum Gasteiger partial charge on any atom is 0.461 e. The van der Waals surface area contributed by atoms with E-state index in [1.807, 2.05) is 13.8 Å². The van der Waals surface area contributed by atoms with Crippen LogP contribution < -0.4 is 9.64 Å². The zero-order valence-corrected chi connectivity index (χ0v) is 17.9. The van der Waals surface area contributed by atoms with Crippen LogP contribution in [0.2, 0.25) is 0 Å². The Bertz CT molecular complexity index is 877. The minimum atomic E-state index is -4.87. The van der Waals surface area contributed by atoms with E-state index in [4.69, 9.17) is 0 Å². The predicted octanol–water partition coefficient (Wildman–Crippen LogP) is 6.35. The van der Waals surface area contributed by atoms with Crippen LogP contribution in [-0.4, -0.2) is 41.7 Å². The third kappa shape index (κ3) is 7.77. The minimum absolute atomic E-state index is 0.213. The molecule has 2 aromatic carbocycles. The van der Waals surface area contributed by atoms with Crippen LogP contribution in [0.15, 0.2) is 53.4 Å². The van der Waals surface area contributed by atoms with Gasteiger partial charge in [0.05, 0.1) is 6.54 Å². The molecule has 0 spiro atoms. The standard InChI is InChI=1S/C21H22F7NO2S/c1-13(2)32-17-8-4-6-15(10-17)29(12-18(30)20(24,25)26)11-14-5-3-7-16(9-14)31-21(27,28)19(22)23/h3-10,13,18-19,30H,11-12H2,1-2H3. The van der Waals surface area contributed by atoms with Crippen molar-refractivity contribution in [2.75, 3.05) is 11.4 Å². The van der Waals surface area contributed by atoms with Gasteiger partial charge in [-0.2, -0.15) is 30.7 Å². The highest BCUT2D eigenvalue weighted by molar-refractivity contribution is 7.99. The van der Waals surface area contributed by atoms with E-state index in [2.05, 4.69) is 4.74 Å². The molecule has 11 heteroatoms. The number of ether oxygens (including phenoxy) is 1. The molecule has 2 aromatic rings. The Morgan fingerprint density at radius 1 is 1.00 bits per heavy atom. The van der Waals surface area contributed by atoms with E-state index in [0.717, 1.165) is 17.0 Å². The number of thioether (sulfide) groups is 1. The summed E-state index contributed by atoms with van der Waals surface area (Å²) in [4.78, 5) is 2.02. The van der Waals surface area contributed by atoms with Crippen molar-refractivity contribution in [3.8, 4) is 5.75 Å². The summed E-state index contributed by atoms with van der Waals surface area (Å²) in [6, 6.07) is 11.4. The van der Waals surface area contributed by atoms with E-state index in [-0.39, 0.29) is 17.4 Å². The zero-order valence-electron chi connectivity index (χ0n) is 17.1. The third-order valence-electron chi connectivity index (χ3n) is 4.11. The largest absolute Gasteiger partial charge is 0.461 e. The first-order valence-electron chi connectivity index (χ1n) is 9.48. The van der Waals surface area contributed by atoms with E-state index >= 15 is 0 Å². The molecule has 0 amide bonds. The van der Waals surface area contributed by atoms with Crippen LogP contribution in [0, 0.1) is 0 Å². The van der Waals surface area contributed by atoms with Gasteiger partial charge in [0.15, 0.2) is 6.10 Å². The molecule has 0 radical (unpaired) electrons. The number of aliphatic hydroxyl groups excluding tert-OH is 1. The second-order valence-corrected chi connectivity index (χ2v) is 8.86. The number of aliphatic hydroxyl groups is 1. The quantitative estimate of drug-likeness (QED) is 0.314. The number of anilines is 1. The molecule has 0 aliphatic carbocycles. The van der Waals surface area contributed by atoms with Gasteiger partial charge in [0.1, 0.15) is 5.75 Å². The Morgan fingerprint density at radius 2 is 1.66 bits per heavy atom. The normalized spacial score (nSPS) is 13.5. The molecular weight excluding hydrogens is 463 g/mol. The van der Waals surface area contributed by atoms with Gasteiger partial charge in [0.25, 0.3) is 0 Å². The van der Waals surface area contributed by atoms with Gasteiger partial charge in [-0.05, 0) is 35.9 Å². The Labute approximate surface area is 185 Å². The van der Waals surface area contributed by atoms with E-state index < -0.39 is 37.1 Å². The third-order valence-corrected chi connectivity index (χ3v) is 5.10. The van der Waals surface area contributed by atoms with Crippen LogP contribution in [0.5, 0.6) is 5.75 Å². The van der Waals surface area contributed by atoms with Gasteiger partial charge in [-0.25, -0.2) is 0 Å². The molecule has 32 heavy (non-hydrogen) atoms. The van der Waals surface area contributed by atoms with Crippen molar-refractivity contribution in [3.05, 3.63) is 54.1 Å². The molecule has 1 N–H and O–H groups in total. The smallest absolute Gasteiger partial charge is 0.428 e. The van der Waals surface area contributed by atoms with Gasteiger partial charge < -0.3 is 14.7 Å². The summed E-state index contributed by atoms with van der Waals surface area (Å²) in [5.41, 5.74) is 0.590. The number of benzene rings is 2. The minimum Gasteiger partial charge on any atom is -0.428 e. The van der Waals surface area contributed by atoms with Crippen molar-refractivity contribution in [1.29, 1.82) is 0 Å². The Hall–Kier alpha value is -2.14. The van der Waals surface area contributed by atoms with Crippen molar-refractivity contribution in [2.45, 2.75) is 55.4 Å². The highest BCUT2D eigenvalue weighted by Gasteiger charge is 2.44. The fourth-order valence-electron chi connectivity index (χ4n) is 2.73. The van der Waals surface area contributed by atoms with E-state index in [1.165, 1.54) is 28.8 Å². The molecule has 0 bridgehead atoms. The van der Waals surface area contributed by atoms with Crippen molar-refractivity contribution >= 4 is 17.4 Å². The number of rotatable bonds is 10. The molecule has 3 nitrogen and oxygen atoms in total. The summed E-state index contributed by atoms with van der Waals surface area (Å²) in [6.07, 6.45) is -16.3. The van der Waals surface area contributed by atoms with Crippen molar-refractivity contribution in [2.24, 2.45) is 0 Å². The lowest BCUT2D eigenvalue weighted by Gasteiger charge is -2.29. The molecule has 0 aliphatic rings. The number of halogens is 7. The number of hydrogen-bond donors (Lipinski definition) is 1. The first kappa shape index (κ1) is 26.1. The van der Waals surface area contributed by atoms with Gasteiger partial charge in [-0.1, -0.05) is 32.0 Å². The Morgan fingerprint density at radius 3 is 2.25 bits per heavy atom. The molecular formula is C21H22F7NO2S. The molecule has 178 valence electrons. The monoisotopic (exact) mass is 485 g/mol. The van der Waals surface area contributed by atoms with E-state index in [9.17, 15) is 35.8 Å². The first-order valence-corrected chi connectivity index (χ1v) is 10.4. The van der Waals surface area contributed by atoms with E-state index in [0.29, 0.717) is 5.69 Å². The number of hydrogen-bond acceptors (Lipinski definition) is 4. The number of nitrogens with zero attached hydrogens (tertiary/aromatic N) is 1. The maximum atomic E-state index is 13.2. The van der Waals surface area contributed by atoms with Crippen LogP contribution >= 0.6 is 11.8 Å². The van der Waals surface area contributed by atoms with Gasteiger partial charge >= 0.3 is 18.7 Å². The Balaban J connectivity index is 2.32. The fourth-order valence-corrected chi connectivity index (χ4v) is 3.62. The lowest BCUT2D eigenvalue weighted by atomic mass is 10.1. The van der Waals surface area contributed by atoms with Crippen molar-refractivity contribution < 1.29 is 40.6 Å². The van der Waals surface area contributed by atoms with Crippen molar-refractivity contribution in [3.63, 3.8) is 0 Å². The molecule has 0 fully saturated rings. The number of alkyl halides is 7. The topological polar surface area (TPSA) is 32.7 Å². The lowest BCUT2D eigenvalue weighted by molar-refractivity contribution is -0.253. The van der Waals surface area contributed by atoms with Crippen LogP contribution in [0.1, 0.15) is 19.4 Å². The average molecular weight is 485 g/mol. The summed E-state index contributed by atoms with van der Waals surface area (Å²) >= 11 is 1.49. The van der Waals surface area contributed by atoms with Crippen LogP contribution in [0.3, 0.4) is 0 Å². The highest BCUT2D eigenvalue weighted by Crippen LogP contribution is 2.31. The summed E-state index contributed by atoms with van der Waals surface area (Å²) in [6.45, 7) is 2.85. The molecule has 1 unspecified atom stereocenters. The molecule has 1 atom stereocenters. The fraction of sp³-hybridized carbons (Fsp3) is 0.429. The van der Waals surface area contributed by atoms with Crippen LogP contribution in [-0.2, 0) is 6.54 Å². The lowest BCUT2D eigenvalue weighted by Crippen LogP contribution is -2.41. The molecule has 0 aliphatic heterocycles. The van der Waals surface area contributed by atoms with Gasteiger partial charge in [-0.15, -0.1) is 11.8 Å². The molecule has 0 heterocycles. The first-order chi connectivity index (χ1) is 14.8. The SMILES string of the molecule is CC(C)Sc1cccc(N(Cc2cccc(OC(F)(F)C(F)F)c2)CC(O)C(F)(F)F)c1. The molecule has 0 aromatic heterocycles. The van der Waals surface area contributed by atoms with E-state index in [1.54, 1.807) is 24.3 Å². The second kappa shape index (κ2) is 10.7. The van der Waals surface area contributed by atoms with Gasteiger partial charge in [0, 0.05) is 22.4 Å². The summed E-state index contributed by atoms with van der Waals surface area (Å²) in [5, 5.41) is 9.81. The predicted molar refractivity (Wildman–Crippen MR) is 109 cm³/mol. The summed E-state index contributed by atoms with van der Waals surface area (Å²) in [7, 11) is 0. The second-order valence-electron chi connectivity index (χ2n) is 7.21. The summed E-state index contributed by atoms with van der Waals surface area (Å²) < 4.78 is 94.2. The highest BCUT2D eigenvalue weighted by atomic mass is 32.2. The maximum absolute atomic E-state index is 13.2. The molecule has 2 rings (SSSR count). The average Bonchev–Trinajstić information content (AvgIpc) is 2.66. The molecule has 0 saturated carbocycles. The van der Waals surface area contributed by atoms with Crippen LogP contribution in [0.4, 0.5) is 36.4 Å². The Kier molecular flexibility index (Phi) is 8.69. The van der Waals surface area contributed by atoms with Gasteiger partial charge in [-0.3, -0.25) is 0 Å². The van der Waals surface area contributed by atoms with Crippen LogP contribution in [0.25, 0.3) is 0 Å². The summed E-state index contributed by atoms with van der Waals surface area (Å²) in [5.74, 6) is -0.562. The van der Waals surface area contributed by atoms with Gasteiger partial charge in [0.2, 0.25) is 0 Å². The van der Waals surface area contributed by atoms with Crippen molar-refractivity contribution in [1.82, 2.24) is 0 Å². The zero-order chi connectivity index (χ0) is 24.1. The molecule has 0 saturated heterocycles.